The van der Waals surface area contributed by atoms with Crippen LogP contribution in [-0.2, 0) is 4.79 Å². The van der Waals surface area contributed by atoms with Crippen LogP contribution in [0.3, 0.4) is 0 Å². The number of likely N-dealkylation sites (tertiary alicyclic amines) is 1. The number of carbonyl (C=O) groups is 1. The van der Waals surface area contributed by atoms with Crippen molar-refractivity contribution >= 4 is 5.91 Å². The Morgan fingerprint density at radius 2 is 1.94 bits per heavy atom. The van der Waals surface area contributed by atoms with E-state index in [-0.39, 0.29) is 5.54 Å². The van der Waals surface area contributed by atoms with Gasteiger partial charge in [-0.25, -0.2) is 0 Å². The molecule has 1 atom stereocenters. The molecule has 1 saturated heterocycles. The molecule has 92 valence electrons. The lowest BCUT2D eigenvalue weighted by atomic mass is 9.84. The summed E-state index contributed by atoms with van der Waals surface area (Å²) in [4.78, 5) is 14.3. The third-order valence-corrected chi connectivity index (χ3v) is 3.96. The van der Waals surface area contributed by atoms with Crippen molar-refractivity contribution in [1.29, 1.82) is 0 Å². The minimum atomic E-state index is 0.232. The Morgan fingerprint density at radius 3 is 2.38 bits per heavy atom. The van der Waals surface area contributed by atoms with Gasteiger partial charge in [-0.2, -0.15) is 0 Å². The highest BCUT2D eigenvalue weighted by molar-refractivity contribution is 5.79. The van der Waals surface area contributed by atoms with E-state index in [1.807, 2.05) is 0 Å². The SMILES string of the molecule is CC(C)(C)N1CC[C@@H](NC(=O)C2CCC2)C1. The Morgan fingerprint density at radius 1 is 1.25 bits per heavy atom. The Kier molecular flexibility index (Phi) is 3.24. The zero-order valence-corrected chi connectivity index (χ0v) is 10.8. The summed E-state index contributed by atoms with van der Waals surface area (Å²) in [7, 11) is 0. The fraction of sp³-hybridized carbons (Fsp3) is 0.923. The molecule has 0 radical (unpaired) electrons. The van der Waals surface area contributed by atoms with Crippen molar-refractivity contribution in [2.24, 2.45) is 5.92 Å². The summed E-state index contributed by atoms with van der Waals surface area (Å²) in [5.41, 5.74) is 0.232. The Bertz CT molecular complexity index is 266. The van der Waals surface area contributed by atoms with Crippen LogP contribution in [0, 0.1) is 5.92 Å². The molecular weight excluding hydrogens is 200 g/mol. The van der Waals surface area contributed by atoms with Gasteiger partial charge < -0.3 is 5.32 Å². The number of hydrogen-bond acceptors (Lipinski definition) is 2. The molecule has 0 spiro atoms. The van der Waals surface area contributed by atoms with E-state index in [0.29, 0.717) is 17.9 Å². The van der Waals surface area contributed by atoms with E-state index < -0.39 is 0 Å². The van der Waals surface area contributed by atoms with Gasteiger partial charge in [-0.05, 0) is 40.0 Å². The van der Waals surface area contributed by atoms with E-state index in [1.165, 1.54) is 6.42 Å². The number of nitrogens with one attached hydrogen (secondary N) is 1. The first-order valence-corrected chi connectivity index (χ1v) is 6.52. The molecule has 1 N–H and O–H groups in total. The first-order chi connectivity index (χ1) is 7.47. The van der Waals surface area contributed by atoms with E-state index in [4.69, 9.17) is 0 Å². The summed E-state index contributed by atoms with van der Waals surface area (Å²) in [6.45, 7) is 8.84. The highest BCUT2D eigenvalue weighted by Crippen LogP contribution is 2.27. The molecule has 1 amide bonds. The molecule has 16 heavy (non-hydrogen) atoms. The van der Waals surface area contributed by atoms with Crippen LogP contribution < -0.4 is 5.32 Å². The van der Waals surface area contributed by atoms with Gasteiger partial charge in [0.15, 0.2) is 0 Å². The lowest BCUT2D eigenvalue weighted by Gasteiger charge is -2.32. The molecule has 2 rings (SSSR count). The van der Waals surface area contributed by atoms with Gasteiger partial charge in [-0.15, -0.1) is 0 Å². The van der Waals surface area contributed by atoms with Crippen LogP contribution in [0.4, 0.5) is 0 Å². The van der Waals surface area contributed by atoms with Crippen molar-refractivity contribution in [3.63, 3.8) is 0 Å². The number of amides is 1. The molecule has 0 aromatic rings. The van der Waals surface area contributed by atoms with E-state index in [1.54, 1.807) is 0 Å². The molecule has 3 nitrogen and oxygen atoms in total. The highest BCUT2D eigenvalue weighted by Gasteiger charge is 2.33. The molecule has 1 aliphatic heterocycles. The van der Waals surface area contributed by atoms with E-state index in [9.17, 15) is 4.79 Å². The van der Waals surface area contributed by atoms with Crippen LogP contribution in [0.15, 0.2) is 0 Å². The fourth-order valence-corrected chi connectivity index (χ4v) is 2.48. The van der Waals surface area contributed by atoms with Crippen molar-refractivity contribution in [3.05, 3.63) is 0 Å². The molecule has 0 aromatic heterocycles. The van der Waals surface area contributed by atoms with Gasteiger partial charge in [0, 0.05) is 30.6 Å². The third-order valence-electron chi connectivity index (χ3n) is 3.96. The average Bonchev–Trinajstić information content (AvgIpc) is 2.47. The molecule has 1 aliphatic carbocycles. The summed E-state index contributed by atoms with van der Waals surface area (Å²) in [6.07, 6.45) is 4.54. The van der Waals surface area contributed by atoms with Gasteiger partial charge in [-0.3, -0.25) is 9.69 Å². The highest BCUT2D eigenvalue weighted by atomic mass is 16.2. The van der Waals surface area contributed by atoms with Gasteiger partial charge in [0.25, 0.3) is 0 Å². The van der Waals surface area contributed by atoms with Gasteiger partial charge >= 0.3 is 0 Å². The van der Waals surface area contributed by atoms with E-state index in [2.05, 4.69) is 31.0 Å². The number of hydrogen-bond donors (Lipinski definition) is 1. The predicted octanol–water partition coefficient (Wildman–Crippen LogP) is 1.78. The minimum Gasteiger partial charge on any atom is -0.352 e. The van der Waals surface area contributed by atoms with Crippen LogP contribution in [0.1, 0.15) is 46.5 Å². The summed E-state index contributed by atoms with van der Waals surface area (Å²) >= 11 is 0. The molecule has 1 saturated carbocycles. The monoisotopic (exact) mass is 224 g/mol. The number of nitrogens with zero attached hydrogens (tertiary/aromatic N) is 1. The van der Waals surface area contributed by atoms with Crippen molar-refractivity contribution in [2.75, 3.05) is 13.1 Å². The van der Waals surface area contributed by atoms with Crippen molar-refractivity contribution in [3.8, 4) is 0 Å². The second kappa shape index (κ2) is 4.36. The van der Waals surface area contributed by atoms with Crippen LogP contribution in [0.5, 0.6) is 0 Å². The van der Waals surface area contributed by atoms with Gasteiger partial charge in [-0.1, -0.05) is 6.42 Å². The number of carbonyl (C=O) groups excluding carboxylic acids is 1. The van der Waals surface area contributed by atoms with Crippen LogP contribution >= 0.6 is 0 Å². The molecule has 1 heterocycles. The smallest absolute Gasteiger partial charge is 0.223 e. The Hall–Kier alpha value is -0.570. The maximum absolute atomic E-state index is 11.8. The summed E-state index contributed by atoms with van der Waals surface area (Å²) in [6, 6.07) is 0.382. The molecule has 0 unspecified atom stereocenters. The molecular formula is C13H24N2O. The van der Waals surface area contributed by atoms with Crippen LogP contribution in [-0.4, -0.2) is 35.5 Å². The first kappa shape index (κ1) is 11.9. The zero-order valence-electron chi connectivity index (χ0n) is 10.8. The second-order valence-corrected chi connectivity index (χ2v) is 6.24. The van der Waals surface area contributed by atoms with Crippen molar-refractivity contribution in [1.82, 2.24) is 10.2 Å². The molecule has 3 heteroatoms. The lowest BCUT2D eigenvalue weighted by Crippen LogP contribution is -2.45. The van der Waals surface area contributed by atoms with Crippen molar-refractivity contribution in [2.45, 2.75) is 58.0 Å². The minimum absolute atomic E-state index is 0.232. The summed E-state index contributed by atoms with van der Waals surface area (Å²) in [5, 5.41) is 3.20. The van der Waals surface area contributed by atoms with Crippen molar-refractivity contribution < 1.29 is 4.79 Å². The standard InChI is InChI=1S/C13H24N2O/c1-13(2,3)15-8-7-11(9-15)14-12(16)10-5-4-6-10/h10-11H,4-9H2,1-3H3,(H,14,16)/t11-/m1/s1. The quantitative estimate of drug-likeness (QED) is 0.775. The van der Waals surface area contributed by atoms with E-state index in [0.717, 1.165) is 32.4 Å². The van der Waals surface area contributed by atoms with Crippen LogP contribution in [0.25, 0.3) is 0 Å². The zero-order chi connectivity index (χ0) is 11.8. The number of rotatable bonds is 2. The maximum Gasteiger partial charge on any atom is 0.223 e. The Balaban J connectivity index is 1.78. The van der Waals surface area contributed by atoms with Crippen LogP contribution in [0.2, 0.25) is 0 Å². The van der Waals surface area contributed by atoms with E-state index >= 15 is 0 Å². The largest absolute Gasteiger partial charge is 0.352 e. The first-order valence-electron chi connectivity index (χ1n) is 6.52. The average molecular weight is 224 g/mol. The predicted molar refractivity (Wildman–Crippen MR) is 65.2 cm³/mol. The molecule has 2 aliphatic rings. The second-order valence-electron chi connectivity index (χ2n) is 6.24. The Labute approximate surface area is 98.6 Å². The topological polar surface area (TPSA) is 32.3 Å². The molecule has 0 bridgehead atoms. The molecule has 2 fully saturated rings. The molecule has 0 aromatic carbocycles. The third kappa shape index (κ3) is 2.57. The van der Waals surface area contributed by atoms with Gasteiger partial charge in [0.1, 0.15) is 0 Å². The fourth-order valence-electron chi connectivity index (χ4n) is 2.48. The van der Waals surface area contributed by atoms with Gasteiger partial charge in [0.05, 0.1) is 0 Å². The normalized spacial score (nSPS) is 27.8. The lowest BCUT2D eigenvalue weighted by molar-refractivity contribution is -0.128. The maximum atomic E-state index is 11.8. The summed E-state index contributed by atoms with van der Waals surface area (Å²) in [5.74, 6) is 0.621. The van der Waals surface area contributed by atoms with Gasteiger partial charge in [0.2, 0.25) is 5.91 Å². The summed E-state index contributed by atoms with van der Waals surface area (Å²) < 4.78 is 0.